The first-order valence-electron chi connectivity index (χ1n) is 7.26. The van der Waals surface area contributed by atoms with Crippen LogP contribution in [0.3, 0.4) is 0 Å². The second kappa shape index (κ2) is 8.82. The zero-order valence-electron chi connectivity index (χ0n) is 13.2. The Bertz CT molecular complexity index is 521. The number of ether oxygens (including phenoxy) is 2. The van der Waals surface area contributed by atoms with Crippen molar-refractivity contribution < 1.29 is 19.1 Å². The van der Waals surface area contributed by atoms with Crippen molar-refractivity contribution in [1.82, 2.24) is 0 Å². The molecule has 0 N–H and O–H groups in total. The molecule has 0 amide bonds. The molecule has 1 aromatic rings. The van der Waals surface area contributed by atoms with Gasteiger partial charge in [0.2, 0.25) is 0 Å². The molecule has 118 valence electrons. The molecule has 0 spiro atoms. The van der Waals surface area contributed by atoms with E-state index in [0.717, 1.165) is 11.1 Å². The van der Waals surface area contributed by atoms with Crippen molar-refractivity contribution in [1.29, 1.82) is 0 Å². The van der Waals surface area contributed by atoms with E-state index in [-0.39, 0.29) is 0 Å². The highest BCUT2D eigenvalue weighted by Gasteiger charge is 2.14. The molecule has 0 saturated heterocycles. The van der Waals surface area contributed by atoms with Gasteiger partial charge in [0.1, 0.15) is 0 Å². The third-order valence-corrected chi connectivity index (χ3v) is 3.05. The number of hydrogen-bond donors (Lipinski definition) is 0. The van der Waals surface area contributed by atoms with Crippen LogP contribution in [0, 0.1) is 0 Å². The third-order valence-electron chi connectivity index (χ3n) is 3.05. The van der Waals surface area contributed by atoms with Crippen LogP contribution in [0.25, 0.3) is 0 Å². The lowest BCUT2D eigenvalue weighted by atomic mass is 9.96. The first-order chi connectivity index (χ1) is 10.5. The Morgan fingerprint density at radius 1 is 0.864 bits per heavy atom. The Hall–Kier alpha value is -2.36. The summed E-state index contributed by atoms with van der Waals surface area (Å²) in [6.45, 7) is 11.7. The van der Waals surface area contributed by atoms with Gasteiger partial charge in [0.25, 0.3) is 0 Å². The first kappa shape index (κ1) is 17.7. The molecule has 0 bridgehead atoms. The lowest BCUT2D eigenvalue weighted by Crippen LogP contribution is -2.12. The zero-order chi connectivity index (χ0) is 16.5. The van der Waals surface area contributed by atoms with E-state index in [4.69, 9.17) is 9.47 Å². The van der Waals surface area contributed by atoms with Crippen molar-refractivity contribution in [2.75, 3.05) is 13.2 Å². The Balaban J connectivity index is 2.82. The minimum atomic E-state index is -0.401. The highest BCUT2D eigenvalue weighted by molar-refractivity contribution is 5.89. The molecular formula is C18H22O4. The Morgan fingerprint density at radius 2 is 1.23 bits per heavy atom. The minimum absolute atomic E-state index is 0.319. The molecule has 1 aromatic carbocycles. The molecule has 0 fully saturated rings. The Morgan fingerprint density at radius 3 is 1.55 bits per heavy atom. The smallest absolute Gasteiger partial charge is 0.333 e. The van der Waals surface area contributed by atoms with E-state index in [1.165, 1.54) is 0 Å². The van der Waals surface area contributed by atoms with Crippen LogP contribution in [0.5, 0.6) is 0 Å². The van der Waals surface area contributed by atoms with Crippen molar-refractivity contribution in [3.05, 3.63) is 59.7 Å². The second-order valence-electron chi connectivity index (χ2n) is 4.77. The predicted octanol–water partition coefficient (Wildman–Crippen LogP) is 3.01. The van der Waals surface area contributed by atoms with Gasteiger partial charge >= 0.3 is 11.9 Å². The summed E-state index contributed by atoms with van der Waals surface area (Å²) in [7, 11) is 0. The maximum Gasteiger partial charge on any atom is 0.333 e. The van der Waals surface area contributed by atoms with Gasteiger partial charge in [-0.15, -0.1) is 0 Å². The van der Waals surface area contributed by atoms with Gasteiger partial charge in [0.15, 0.2) is 0 Å². The minimum Gasteiger partial charge on any atom is -0.463 e. The lowest BCUT2D eigenvalue weighted by molar-refractivity contribution is -0.139. The first-order valence-corrected chi connectivity index (χ1v) is 7.26. The molecule has 22 heavy (non-hydrogen) atoms. The summed E-state index contributed by atoms with van der Waals surface area (Å²) in [5, 5.41) is 0. The van der Waals surface area contributed by atoms with Gasteiger partial charge in [-0.3, -0.25) is 0 Å². The van der Waals surface area contributed by atoms with E-state index in [1.54, 1.807) is 13.8 Å². The molecule has 0 atom stereocenters. The van der Waals surface area contributed by atoms with Gasteiger partial charge in [0.05, 0.1) is 13.2 Å². The van der Waals surface area contributed by atoms with Crippen LogP contribution in [0.1, 0.15) is 25.0 Å². The maximum absolute atomic E-state index is 11.7. The maximum atomic E-state index is 11.7. The topological polar surface area (TPSA) is 52.6 Å². The van der Waals surface area contributed by atoms with Crippen LogP contribution < -0.4 is 0 Å². The number of hydrogen-bond acceptors (Lipinski definition) is 4. The largest absolute Gasteiger partial charge is 0.463 e. The molecule has 0 saturated carbocycles. The third kappa shape index (κ3) is 5.20. The van der Waals surface area contributed by atoms with Gasteiger partial charge in [-0.05, 0) is 25.0 Å². The van der Waals surface area contributed by atoms with Gasteiger partial charge in [-0.1, -0.05) is 37.4 Å². The van der Waals surface area contributed by atoms with E-state index < -0.39 is 11.9 Å². The normalized spacial score (nSPS) is 9.91. The van der Waals surface area contributed by atoms with Gasteiger partial charge < -0.3 is 9.47 Å². The van der Waals surface area contributed by atoms with Gasteiger partial charge in [-0.25, -0.2) is 9.59 Å². The number of benzene rings is 1. The summed E-state index contributed by atoms with van der Waals surface area (Å²) < 4.78 is 9.87. The summed E-state index contributed by atoms with van der Waals surface area (Å²) >= 11 is 0. The average Bonchev–Trinajstić information content (AvgIpc) is 2.49. The van der Waals surface area contributed by atoms with E-state index >= 15 is 0 Å². The van der Waals surface area contributed by atoms with E-state index in [2.05, 4.69) is 13.2 Å². The van der Waals surface area contributed by atoms with E-state index in [9.17, 15) is 9.59 Å². The number of rotatable bonds is 8. The molecule has 1 rings (SSSR count). The molecule has 0 aliphatic rings. The molecular weight excluding hydrogens is 280 g/mol. The number of carbonyl (C=O) groups is 2. The molecule has 0 heterocycles. The van der Waals surface area contributed by atoms with Gasteiger partial charge in [0, 0.05) is 24.0 Å². The fraction of sp³-hybridized carbons (Fsp3) is 0.333. The lowest BCUT2D eigenvalue weighted by Gasteiger charge is -2.12. The van der Waals surface area contributed by atoms with Crippen LogP contribution in [0.4, 0.5) is 0 Å². The van der Waals surface area contributed by atoms with E-state index in [0.29, 0.717) is 37.2 Å². The summed E-state index contributed by atoms with van der Waals surface area (Å²) in [4.78, 5) is 23.3. The van der Waals surface area contributed by atoms with Crippen LogP contribution in [0.2, 0.25) is 0 Å². The summed E-state index contributed by atoms with van der Waals surface area (Å²) in [5.74, 6) is -0.803. The quantitative estimate of drug-likeness (QED) is 0.547. The monoisotopic (exact) mass is 302 g/mol. The molecule has 0 unspecified atom stereocenters. The highest BCUT2D eigenvalue weighted by Crippen LogP contribution is 2.17. The molecule has 4 nitrogen and oxygen atoms in total. The van der Waals surface area contributed by atoms with Crippen molar-refractivity contribution in [2.24, 2.45) is 0 Å². The fourth-order valence-corrected chi connectivity index (χ4v) is 1.97. The van der Waals surface area contributed by atoms with E-state index in [1.807, 2.05) is 24.3 Å². The fourth-order valence-electron chi connectivity index (χ4n) is 1.97. The predicted molar refractivity (Wildman–Crippen MR) is 85.4 cm³/mol. The molecule has 0 aliphatic heterocycles. The highest BCUT2D eigenvalue weighted by atomic mass is 16.5. The molecule has 0 aliphatic carbocycles. The van der Waals surface area contributed by atoms with Crippen molar-refractivity contribution >= 4 is 11.9 Å². The van der Waals surface area contributed by atoms with Crippen LogP contribution in [-0.4, -0.2) is 25.2 Å². The summed E-state index contributed by atoms with van der Waals surface area (Å²) in [6.07, 6.45) is 0.760. The summed E-state index contributed by atoms with van der Waals surface area (Å²) in [5.41, 5.74) is 2.61. The zero-order valence-corrected chi connectivity index (χ0v) is 13.2. The Kier molecular flexibility index (Phi) is 7.09. The summed E-state index contributed by atoms with van der Waals surface area (Å²) in [6, 6.07) is 7.56. The average molecular weight is 302 g/mol. The standard InChI is InChI=1S/C18H22O4/c1-5-21-17(19)13(3)11-15-9-7-8-10-16(15)12-14(4)18(20)22-6-2/h7-10H,3-6,11-12H2,1-2H3. The van der Waals surface area contributed by atoms with Crippen LogP contribution in [-0.2, 0) is 31.9 Å². The molecule has 0 aromatic heterocycles. The van der Waals surface area contributed by atoms with Crippen molar-refractivity contribution in [3.63, 3.8) is 0 Å². The van der Waals surface area contributed by atoms with Gasteiger partial charge in [-0.2, -0.15) is 0 Å². The Labute approximate surface area is 131 Å². The van der Waals surface area contributed by atoms with Crippen LogP contribution >= 0.6 is 0 Å². The number of esters is 2. The number of carbonyl (C=O) groups excluding carboxylic acids is 2. The SMILES string of the molecule is C=C(Cc1ccccc1CC(=C)C(=O)OCC)C(=O)OCC. The van der Waals surface area contributed by atoms with Crippen molar-refractivity contribution in [3.8, 4) is 0 Å². The molecule has 4 heteroatoms. The van der Waals surface area contributed by atoms with Crippen molar-refractivity contribution in [2.45, 2.75) is 26.7 Å². The molecule has 0 radical (unpaired) electrons. The van der Waals surface area contributed by atoms with Crippen LogP contribution in [0.15, 0.2) is 48.6 Å². The second-order valence-corrected chi connectivity index (χ2v) is 4.77.